The predicted molar refractivity (Wildman–Crippen MR) is 82.5 cm³/mol. The van der Waals surface area contributed by atoms with E-state index in [1.807, 2.05) is 7.05 Å². The zero-order valence-corrected chi connectivity index (χ0v) is 14.1. The molecule has 0 bridgehead atoms. The first-order valence-electron chi connectivity index (χ1n) is 8.25. The van der Waals surface area contributed by atoms with E-state index >= 15 is 0 Å². The third-order valence-corrected chi connectivity index (χ3v) is 4.70. The number of rotatable bonds is 4. The van der Waals surface area contributed by atoms with E-state index in [0.29, 0.717) is 19.4 Å². The quantitative estimate of drug-likeness (QED) is 0.831. The smallest absolute Gasteiger partial charge is 0.332 e. The predicted octanol–water partition coefficient (Wildman–Crippen LogP) is 1.28. The maximum absolute atomic E-state index is 12.5. The van der Waals surface area contributed by atoms with E-state index in [4.69, 9.17) is 0 Å². The molecular formula is C15H25F3N4O2. The van der Waals surface area contributed by atoms with Crippen LogP contribution >= 0.6 is 0 Å². The van der Waals surface area contributed by atoms with Gasteiger partial charge in [-0.25, -0.2) is 4.79 Å². The largest absolute Gasteiger partial charge is 0.406 e. The maximum atomic E-state index is 12.5. The summed E-state index contributed by atoms with van der Waals surface area (Å²) >= 11 is 0. The molecule has 2 rings (SSSR count). The lowest BCUT2D eigenvalue weighted by molar-refractivity contribution is -0.164. The van der Waals surface area contributed by atoms with Gasteiger partial charge in [0.25, 0.3) is 0 Å². The number of alkyl halides is 3. The summed E-state index contributed by atoms with van der Waals surface area (Å²) in [7, 11) is 3.64. The van der Waals surface area contributed by atoms with Crippen LogP contribution in [0.15, 0.2) is 0 Å². The summed E-state index contributed by atoms with van der Waals surface area (Å²) in [5, 5.41) is 2.58. The normalized spacial score (nSPS) is 25.9. The van der Waals surface area contributed by atoms with E-state index < -0.39 is 30.7 Å². The zero-order chi connectivity index (χ0) is 17.9. The van der Waals surface area contributed by atoms with Crippen LogP contribution in [0.25, 0.3) is 0 Å². The summed E-state index contributed by atoms with van der Waals surface area (Å²) in [4.78, 5) is 28.8. The average molecular weight is 350 g/mol. The first-order chi connectivity index (χ1) is 11.2. The molecule has 24 heavy (non-hydrogen) atoms. The number of carbonyl (C=O) groups excluding carboxylic acids is 2. The van der Waals surface area contributed by atoms with E-state index in [0.717, 1.165) is 24.3 Å². The van der Waals surface area contributed by atoms with E-state index in [1.54, 1.807) is 7.05 Å². The molecule has 0 aromatic heterocycles. The number of hydrogen-bond donors (Lipinski definition) is 1. The summed E-state index contributed by atoms with van der Waals surface area (Å²) in [6, 6.07) is -1.01. The fourth-order valence-electron chi connectivity index (χ4n) is 3.32. The van der Waals surface area contributed by atoms with Gasteiger partial charge in [-0.1, -0.05) is 0 Å². The number of carbonyl (C=O) groups is 2. The van der Waals surface area contributed by atoms with Crippen molar-refractivity contribution in [1.29, 1.82) is 0 Å². The molecule has 2 saturated heterocycles. The Bertz CT molecular complexity index is 472. The van der Waals surface area contributed by atoms with Crippen molar-refractivity contribution in [3.63, 3.8) is 0 Å². The van der Waals surface area contributed by atoms with E-state index in [1.165, 1.54) is 4.90 Å². The van der Waals surface area contributed by atoms with Crippen molar-refractivity contribution in [3.05, 3.63) is 0 Å². The molecule has 2 unspecified atom stereocenters. The second-order valence-electron chi connectivity index (χ2n) is 6.68. The molecule has 138 valence electrons. The van der Waals surface area contributed by atoms with E-state index in [2.05, 4.69) is 10.2 Å². The lowest BCUT2D eigenvalue weighted by atomic mass is 10.0. The third-order valence-electron chi connectivity index (χ3n) is 4.70. The van der Waals surface area contributed by atoms with Crippen LogP contribution in [0, 0.1) is 0 Å². The number of nitrogens with one attached hydrogen (secondary N) is 1. The van der Waals surface area contributed by atoms with Crippen molar-refractivity contribution in [1.82, 2.24) is 20.0 Å². The summed E-state index contributed by atoms with van der Waals surface area (Å²) < 4.78 is 37.5. The third kappa shape index (κ3) is 4.99. The fourth-order valence-corrected chi connectivity index (χ4v) is 3.32. The Morgan fingerprint density at radius 1 is 1.29 bits per heavy atom. The molecule has 2 aliphatic heterocycles. The van der Waals surface area contributed by atoms with Gasteiger partial charge in [-0.3, -0.25) is 4.79 Å². The van der Waals surface area contributed by atoms with Gasteiger partial charge in [0.15, 0.2) is 0 Å². The highest BCUT2D eigenvalue weighted by Gasteiger charge is 2.38. The summed E-state index contributed by atoms with van der Waals surface area (Å²) in [6.45, 7) is 0.345. The van der Waals surface area contributed by atoms with Gasteiger partial charge in [-0.2, -0.15) is 13.2 Å². The van der Waals surface area contributed by atoms with Crippen molar-refractivity contribution < 1.29 is 22.8 Å². The first kappa shape index (κ1) is 18.8. The topological polar surface area (TPSA) is 55.9 Å². The molecule has 2 heterocycles. The molecule has 1 N–H and O–H groups in total. The maximum Gasteiger partial charge on any atom is 0.406 e. The number of urea groups is 1. The minimum Gasteiger partial charge on any atom is -0.332 e. The molecular weight excluding hydrogens is 325 g/mol. The molecule has 0 saturated carbocycles. The van der Waals surface area contributed by atoms with Gasteiger partial charge in [0, 0.05) is 26.2 Å². The summed E-state index contributed by atoms with van der Waals surface area (Å²) in [5.41, 5.74) is 0. The van der Waals surface area contributed by atoms with Crippen LogP contribution < -0.4 is 5.32 Å². The lowest BCUT2D eigenvalue weighted by Crippen LogP contribution is -2.56. The number of piperidine rings is 1. The highest BCUT2D eigenvalue weighted by Crippen LogP contribution is 2.21. The van der Waals surface area contributed by atoms with Crippen LogP contribution in [0.1, 0.15) is 25.7 Å². The number of halogens is 3. The van der Waals surface area contributed by atoms with Gasteiger partial charge in [0.1, 0.15) is 12.6 Å². The first-order valence-corrected chi connectivity index (χ1v) is 8.25. The number of hydrogen-bond acceptors (Lipinski definition) is 3. The zero-order valence-electron chi connectivity index (χ0n) is 14.1. The lowest BCUT2D eigenvalue weighted by Gasteiger charge is -2.34. The molecule has 0 aromatic carbocycles. The van der Waals surface area contributed by atoms with Gasteiger partial charge in [0.2, 0.25) is 5.91 Å². The Labute approximate surface area is 139 Å². The molecule has 2 atom stereocenters. The number of nitrogens with zero attached hydrogens (tertiary/aromatic N) is 3. The average Bonchev–Trinajstić information content (AvgIpc) is 2.87. The molecule has 2 fully saturated rings. The van der Waals surface area contributed by atoms with Crippen LogP contribution in [0.3, 0.4) is 0 Å². The molecule has 9 heteroatoms. The molecule has 3 amide bonds. The second-order valence-corrected chi connectivity index (χ2v) is 6.68. The van der Waals surface area contributed by atoms with Crippen LogP contribution in [-0.2, 0) is 4.79 Å². The van der Waals surface area contributed by atoms with Crippen LogP contribution in [-0.4, -0.2) is 85.2 Å². The molecule has 6 nitrogen and oxygen atoms in total. The monoisotopic (exact) mass is 350 g/mol. The Morgan fingerprint density at radius 2 is 1.96 bits per heavy atom. The summed E-state index contributed by atoms with van der Waals surface area (Å²) in [5.74, 6) is -0.654. The highest BCUT2D eigenvalue weighted by molar-refractivity contribution is 5.87. The van der Waals surface area contributed by atoms with Gasteiger partial charge < -0.3 is 20.0 Å². The minimum absolute atomic E-state index is 0.0768. The SMILES string of the molecule is CN(CC1CCCN1C)C(=O)NC1CCCN(CC(F)(F)F)C1=O. The Hall–Kier alpha value is -1.51. The fraction of sp³-hybridized carbons (Fsp3) is 0.867. The van der Waals surface area contributed by atoms with Crippen LogP contribution in [0.5, 0.6) is 0 Å². The molecule has 0 aromatic rings. The van der Waals surface area contributed by atoms with E-state index in [9.17, 15) is 22.8 Å². The van der Waals surface area contributed by atoms with Crippen molar-refractivity contribution in [2.45, 2.75) is 43.9 Å². The minimum atomic E-state index is -4.43. The Balaban J connectivity index is 1.86. The van der Waals surface area contributed by atoms with E-state index in [-0.39, 0.29) is 12.6 Å². The van der Waals surface area contributed by atoms with Gasteiger partial charge in [0.05, 0.1) is 0 Å². The van der Waals surface area contributed by atoms with Crippen molar-refractivity contribution in [2.75, 3.05) is 40.3 Å². The Kier molecular flexibility index (Phi) is 5.95. The molecule has 0 aliphatic carbocycles. The van der Waals surface area contributed by atoms with Crippen molar-refractivity contribution in [2.24, 2.45) is 0 Å². The van der Waals surface area contributed by atoms with Gasteiger partial charge in [-0.05, 0) is 39.3 Å². The number of amides is 3. The second kappa shape index (κ2) is 7.58. The van der Waals surface area contributed by atoms with Crippen LogP contribution in [0.2, 0.25) is 0 Å². The standard InChI is InChI=1S/C15H25F3N4O2/c1-20-7-3-5-11(20)9-21(2)14(24)19-12-6-4-8-22(13(12)23)10-15(16,17)18/h11-12H,3-10H2,1-2H3,(H,19,24). The molecule has 2 aliphatic rings. The molecule has 0 spiro atoms. The summed E-state index contributed by atoms with van der Waals surface area (Å²) in [6.07, 6.45) is -1.51. The van der Waals surface area contributed by atoms with Crippen molar-refractivity contribution in [3.8, 4) is 0 Å². The molecule has 0 radical (unpaired) electrons. The van der Waals surface area contributed by atoms with Gasteiger partial charge in [-0.15, -0.1) is 0 Å². The highest BCUT2D eigenvalue weighted by atomic mass is 19.4. The number of likely N-dealkylation sites (N-methyl/N-ethyl adjacent to an activating group) is 2. The number of likely N-dealkylation sites (tertiary alicyclic amines) is 2. The Morgan fingerprint density at radius 3 is 2.54 bits per heavy atom. The van der Waals surface area contributed by atoms with Crippen LogP contribution in [0.4, 0.5) is 18.0 Å². The van der Waals surface area contributed by atoms with Crippen molar-refractivity contribution >= 4 is 11.9 Å². The van der Waals surface area contributed by atoms with Gasteiger partial charge >= 0.3 is 12.2 Å².